The van der Waals surface area contributed by atoms with E-state index in [-0.39, 0.29) is 5.92 Å². The number of aromatic amines is 1. The number of nitrogens with one attached hydrogen (secondary N) is 1. The van der Waals surface area contributed by atoms with Crippen LogP contribution in [0.15, 0.2) is 152 Å². The normalized spacial score (nSPS) is 12.0. The SMILES string of the molecule is N#Cc1cc(C(c2c[nH]cn2)C(c2ccccc2)(c2ccccc2)c2ccccc2)ccc1-c1ccccc1. The molecule has 5 aromatic carbocycles. The molecule has 1 unspecified atom stereocenters. The van der Waals surface area contributed by atoms with Crippen LogP contribution in [0.25, 0.3) is 11.1 Å². The number of nitriles is 1. The van der Waals surface area contributed by atoms with E-state index in [1.54, 1.807) is 6.33 Å². The molecule has 0 aliphatic heterocycles. The molecule has 1 heterocycles. The van der Waals surface area contributed by atoms with Gasteiger partial charge in [0, 0.05) is 12.1 Å². The molecule has 39 heavy (non-hydrogen) atoms. The third-order valence-corrected chi connectivity index (χ3v) is 7.52. The highest BCUT2D eigenvalue weighted by Gasteiger charge is 2.46. The molecule has 1 aromatic heterocycles. The van der Waals surface area contributed by atoms with Gasteiger partial charge in [0.25, 0.3) is 0 Å². The molecule has 3 nitrogen and oxygen atoms in total. The van der Waals surface area contributed by atoms with Crippen molar-refractivity contribution in [1.29, 1.82) is 5.26 Å². The highest BCUT2D eigenvalue weighted by atomic mass is 14.9. The van der Waals surface area contributed by atoms with E-state index in [0.717, 1.165) is 39.1 Å². The van der Waals surface area contributed by atoms with Crippen LogP contribution in [0.2, 0.25) is 0 Å². The van der Waals surface area contributed by atoms with Gasteiger partial charge in [-0.05, 0) is 39.4 Å². The van der Waals surface area contributed by atoms with Crippen molar-refractivity contribution < 1.29 is 0 Å². The van der Waals surface area contributed by atoms with Crippen LogP contribution in [0.3, 0.4) is 0 Å². The number of imidazole rings is 1. The van der Waals surface area contributed by atoms with Crippen LogP contribution in [0, 0.1) is 11.3 Å². The summed E-state index contributed by atoms with van der Waals surface area (Å²) in [5.41, 5.74) is 7.35. The lowest BCUT2D eigenvalue weighted by atomic mass is 9.59. The highest BCUT2D eigenvalue weighted by molar-refractivity contribution is 5.71. The molecule has 0 fully saturated rings. The molecule has 6 aromatic rings. The van der Waals surface area contributed by atoms with E-state index in [2.05, 4.69) is 114 Å². The van der Waals surface area contributed by atoms with E-state index >= 15 is 0 Å². The van der Waals surface area contributed by atoms with Crippen LogP contribution in [-0.2, 0) is 5.41 Å². The van der Waals surface area contributed by atoms with Gasteiger partial charge in [0.05, 0.1) is 29.1 Å². The van der Waals surface area contributed by atoms with Gasteiger partial charge >= 0.3 is 0 Å². The van der Waals surface area contributed by atoms with Crippen LogP contribution in [0.5, 0.6) is 0 Å². The first kappa shape index (κ1) is 24.2. The molecule has 0 saturated heterocycles. The average molecular weight is 502 g/mol. The zero-order chi connectivity index (χ0) is 26.5. The second kappa shape index (κ2) is 10.7. The summed E-state index contributed by atoms with van der Waals surface area (Å²) in [5.74, 6) is -0.229. The maximum Gasteiger partial charge on any atom is 0.0998 e. The molecule has 0 aliphatic carbocycles. The minimum atomic E-state index is -0.625. The molecule has 0 saturated carbocycles. The summed E-state index contributed by atoms with van der Waals surface area (Å²) in [6.07, 6.45) is 3.71. The first-order valence-electron chi connectivity index (χ1n) is 13.1. The topological polar surface area (TPSA) is 52.5 Å². The van der Waals surface area contributed by atoms with Crippen molar-refractivity contribution in [3.63, 3.8) is 0 Å². The molecule has 0 spiro atoms. The van der Waals surface area contributed by atoms with Gasteiger partial charge in [-0.1, -0.05) is 133 Å². The number of hydrogen-bond donors (Lipinski definition) is 1. The lowest BCUT2D eigenvalue weighted by Crippen LogP contribution is -2.37. The molecule has 3 heteroatoms. The van der Waals surface area contributed by atoms with E-state index in [1.807, 2.05) is 42.6 Å². The van der Waals surface area contributed by atoms with Gasteiger partial charge in [-0.3, -0.25) is 0 Å². The van der Waals surface area contributed by atoms with Crippen molar-refractivity contribution in [2.24, 2.45) is 0 Å². The van der Waals surface area contributed by atoms with Crippen molar-refractivity contribution in [3.8, 4) is 17.2 Å². The number of rotatable bonds is 7. The predicted molar refractivity (Wildman–Crippen MR) is 156 cm³/mol. The Hall–Kier alpha value is -5.20. The number of benzene rings is 5. The quantitative estimate of drug-likeness (QED) is 0.225. The zero-order valence-electron chi connectivity index (χ0n) is 21.4. The molecule has 0 bridgehead atoms. The first-order valence-corrected chi connectivity index (χ1v) is 13.1. The summed E-state index contributed by atoms with van der Waals surface area (Å²) in [6.45, 7) is 0. The van der Waals surface area contributed by atoms with Crippen LogP contribution >= 0.6 is 0 Å². The summed E-state index contributed by atoms with van der Waals surface area (Å²) in [4.78, 5) is 8.03. The molecule has 0 radical (unpaired) electrons. The highest BCUT2D eigenvalue weighted by Crippen LogP contribution is 2.52. The minimum Gasteiger partial charge on any atom is -0.351 e. The number of H-pyrrole nitrogens is 1. The van der Waals surface area contributed by atoms with Crippen molar-refractivity contribution in [2.45, 2.75) is 11.3 Å². The van der Waals surface area contributed by atoms with Crippen molar-refractivity contribution in [2.75, 3.05) is 0 Å². The minimum absolute atomic E-state index is 0.229. The molecule has 0 aliphatic rings. The van der Waals surface area contributed by atoms with Crippen LogP contribution in [0.1, 0.15) is 39.4 Å². The first-order chi connectivity index (χ1) is 19.3. The average Bonchev–Trinajstić information content (AvgIpc) is 3.56. The van der Waals surface area contributed by atoms with E-state index in [0.29, 0.717) is 5.56 Å². The van der Waals surface area contributed by atoms with Crippen molar-refractivity contribution in [1.82, 2.24) is 9.97 Å². The Morgan fingerprint density at radius 1 is 0.641 bits per heavy atom. The Bertz CT molecular complexity index is 1590. The largest absolute Gasteiger partial charge is 0.351 e. The van der Waals surface area contributed by atoms with Crippen molar-refractivity contribution in [3.05, 3.63) is 186 Å². The lowest BCUT2D eigenvalue weighted by Gasteiger charge is -2.42. The van der Waals surface area contributed by atoms with Crippen molar-refractivity contribution >= 4 is 0 Å². The second-order valence-corrected chi connectivity index (χ2v) is 9.62. The maximum atomic E-state index is 10.3. The maximum absolute atomic E-state index is 10.3. The molecule has 186 valence electrons. The Balaban J connectivity index is 1.70. The molecule has 6 rings (SSSR count). The van der Waals surface area contributed by atoms with Crippen LogP contribution < -0.4 is 0 Å². The van der Waals surface area contributed by atoms with E-state index in [1.165, 1.54) is 0 Å². The monoisotopic (exact) mass is 501 g/mol. The van der Waals surface area contributed by atoms with E-state index < -0.39 is 5.41 Å². The van der Waals surface area contributed by atoms with Gasteiger partial charge in [-0.2, -0.15) is 5.26 Å². The number of nitrogens with zero attached hydrogens (tertiary/aromatic N) is 2. The fourth-order valence-corrected chi connectivity index (χ4v) is 5.88. The Kier molecular flexibility index (Phi) is 6.60. The predicted octanol–water partition coefficient (Wildman–Crippen LogP) is 8.11. The van der Waals surface area contributed by atoms with Gasteiger partial charge in [0.1, 0.15) is 0 Å². The summed E-state index contributed by atoms with van der Waals surface area (Å²) in [5, 5.41) is 10.3. The fourth-order valence-electron chi connectivity index (χ4n) is 5.88. The third-order valence-electron chi connectivity index (χ3n) is 7.52. The summed E-state index contributed by atoms with van der Waals surface area (Å²) in [6, 6.07) is 50.8. The molecule has 0 amide bonds. The zero-order valence-corrected chi connectivity index (χ0v) is 21.4. The van der Waals surface area contributed by atoms with Crippen LogP contribution in [-0.4, -0.2) is 9.97 Å². The summed E-state index contributed by atoms with van der Waals surface area (Å²) >= 11 is 0. The van der Waals surface area contributed by atoms with Gasteiger partial charge in [-0.25, -0.2) is 4.98 Å². The summed E-state index contributed by atoms with van der Waals surface area (Å²) < 4.78 is 0. The molecular weight excluding hydrogens is 474 g/mol. The van der Waals surface area contributed by atoms with E-state index in [9.17, 15) is 5.26 Å². The lowest BCUT2D eigenvalue weighted by molar-refractivity contribution is 0.528. The third kappa shape index (κ3) is 4.33. The molecule has 1 N–H and O–H groups in total. The standard InChI is InChI=1S/C36H27N3/c37-24-29-23-28(21-22-33(29)27-13-5-1-6-14-27)35(34-25-38-26-39-34)36(30-15-7-2-8-16-30,31-17-9-3-10-18-31)32-19-11-4-12-20-32/h1-23,25-26,35H,(H,38,39). The van der Waals surface area contributed by atoms with Gasteiger partial charge in [0.15, 0.2) is 0 Å². The smallest absolute Gasteiger partial charge is 0.0998 e. The summed E-state index contributed by atoms with van der Waals surface area (Å²) in [7, 11) is 0. The molecular formula is C36H27N3. The second-order valence-electron chi connectivity index (χ2n) is 9.62. The number of hydrogen-bond acceptors (Lipinski definition) is 2. The Labute approximate surface area is 229 Å². The molecule has 1 atom stereocenters. The van der Waals surface area contributed by atoms with Crippen LogP contribution in [0.4, 0.5) is 0 Å². The Morgan fingerprint density at radius 2 is 1.15 bits per heavy atom. The van der Waals surface area contributed by atoms with Gasteiger partial charge in [0.2, 0.25) is 0 Å². The van der Waals surface area contributed by atoms with E-state index in [4.69, 9.17) is 4.98 Å². The van der Waals surface area contributed by atoms with Gasteiger partial charge < -0.3 is 4.98 Å². The van der Waals surface area contributed by atoms with Gasteiger partial charge in [-0.15, -0.1) is 0 Å². The Morgan fingerprint density at radius 3 is 1.62 bits per heavy atom. The number of aromatic nitrogens is 2. The fraction of sp³-hybridized carbons (Fsp3) is 0.0556.